The van der Waals surface area contributed by atoms with Gasteiger partial charge >= 0.3 is 0 Å². The van der Waals surface area contributed by atoms with Crippen molar-refractivity contribution in [2.75, 3.05) is 0 Å². The van der Waals surface area contributed by atoms with E-state index in [1.54, 1.807) is 6.20 Å². The van der Waals surface area contributed by atoms with Crippen molar-refractivity contribution in [2.24, 2.45) is 0 Å². The van der Waals surface area contributed by atoms with Gasteiger partial charge in [0.15, 0.2) is 5.78 Å². The Kier molecular flexibility index (Phi) is 2.77. The molecule has 2 aromatic rings. The van der Waals surface area contributed by atoms with E-state index in [0.717, 1.165) is 22.9 Å². The van der Waals surface area contributed by atoms with Crippen LogP contribution in [0.1, 0.15) is 30.1 Å². The van der Waals surface area contributed by atoms with E-state index in [1.807, 2.05) is 37.3 Å². The van der Waals surface area contributed by atoms with Gasteiger partial charge in [0.05, 0.1) is 5.52 Å². The summed E-state index contributed by atoms with van der Waals surface area (Å²) < 4.78 is 0. The molecule has 2 nitrogen and oxygen atoms in total. The number of aromatic nitrogens is 1. The molecule has 0 amide bonds. The summed E-state index contributed by atoms with van der Waals surface area (Å²) in [7, 11) is 0. The van der Waals surface area contributed by atoms with Crippen LogP contribution >= 0.6 is 0 Å². The highest BCUT2D eigenvalue weighted by molar-refractivity contribution is 5.99. The predicted octanol–water partition coefficient (Wildman–Crippen LogP) is 3.22. The Morgan fingerprint density at radius 1 is 1.33 bits per heavy atom. The summed E-state index contributed by atoms with van der Waals surface area (Å²) in [6.07, 6.45) is 3.24. The SMILES string of the molecule is CCCC(=O)c1ccc2cccnc2c1. The molecule has 0 N–H and O–H groups in total. The maximum atomic E-state index is 11.7. The van der Waals surface area contributed by atoms with Gasteiger partial charge in [-0.3, -0.25) is 9.78 Å². The van der Waals surface area contributed by atoms with Crippen LogP contribution in [0.15, 0.2) is 36.5 Å². The lowest BCUT2D eigenvalue weighted by Crippen LogP contribution is -1.97. The molecule has 0 aliphatic carbocycles. The number of pyridine rings is 1. The highest BCUT2D eigenvalue weighted by Crippen LogP contribution is 2.14. The molecule has 0 radical (unpaired) electrons. The van der Waals surface area contributed by atoms with Crippen molar-refractivity contribution >= 4 is 16.7 Å². The first-order valence-corrected chi connectivity index (χ1v) is 5.19. The number of Topliss-reactive ketones (excluding diaryl/α,β-unsaturated/α-hetero) is 1. The summed E-state index contributed by atoms with van der Waals surface area (Å²) in [5.74, 6) is 0.199. The summed E-state index contributed by atoms with van der Waals surface area (Å²) in [6.45, 7) is 2.01. The average molecular weight is 199 g/mol. The number of fused-ring (bicyclic) bond motifs is 1. The van der Waals surface area contributed by atoms with Crippen LogP contribution in [0.5, 0.6) is 0 Å². The van der Waals surface area contributed by atoms with Crippen LogP contribution in [0.2, 0.25) is 0 Å². The number of nitrogens with zero attached hydrogens (tertiary/aromatic N) is 1. The van der Waals surface area contributed by atoms with Crippen molar-refractivity contribution < 1.29 is 4.79 Å². The van der Waals surface area contributed by atoms with Crippen molar-refractivity contribution in [1.29, 1.82) is 0 Å². The molecule has 1 aromatic carbocycles. The summed E-state index contributed by atoms with van der Waals surface area (Å²) in [5.41, 5.74) is 1.66. The third-order valence-corrected chi connectivity index (χ3v) is 2.40. The first kappa shape index (κ1) is 9.84. The van der Waals surface area contributed by atoms with E-state index in [-0.39, 0.29) is 5.78 Å². The normalized spacial score (nSPS) is 10.5. The molecule has 0 spiro atoms. The lowest BCUT2D eigenvalue weighted by Gasteiger charge is -2.01. The van der Waals surface area contributed by atoms with Crippen molar-refractivity contribution in [2.45, 2.75) is 19.8 Å². The number of rotatable bonds is 3. The van der Waals surface area contributed by atoms with Gasteiger partial charge in [0.25, 0.3) is 0 Å². The van der Waals surface area contributed by atoms with Crippen LogP contribution in [-0.2, 0) is 0 Å². The minimum absolute atomic E-state index is 0.199. The standard InChI is InChI=1S/C13H13NO/c1-2-4-13(15)11-7-6-10-5-3-8-14-12(10)9-11/h3,5-9H,2,4H2,1H3. The van der Waals surface area contributed by atoms with Gasteiger partial charge in [-0.15, -0.1) is 0 Å². The maximum Gasteiger partial charge on any atom is 0.162 e. The van der Waals surface area contributed by atoms with Crippen LogP contribution in [0.25, 0.3) is 10.9 Å². The number of ketones is 1. The van der Waals surface area contributed by atoms with Crippen LogP contribution in [0, 0.1) is 0 Å². The van der Waals surface area contributed by atoms with Crippen LogP contribution in [-0.4, -0.2) is 10.8 Å². The molecule has 76 valence electrons. The molecule has 0 fully saturated rings. The molecule has 0 bridgehead atoms. The van der Waals surface area contributed by atoms with E-state index >= 15 is 0 Å². The Bertz CT molecular complexity index is 491. The Morgan fingerprint density at radius 2 is 2.20 bits per heavy atom. The fourth-order valence-corrected chi connectivity index (χ4v) is 1.61. The Balaban J connectivity index is 2.42. The molecule has 1 heterocycles. The fourth-order valence-electron chi connectivity index (χ4n) is 1.61. The van der Waals surface area contributed by atoms with Crippen LogP contribution in [0.4, 0.5) is 0 Å². The Hall–Kier alpha value is -1.70. The third-order valence-electron chi connectivity index (χ3n) is 2.40. The predicted molar refractivity (Wildman–Crippen MR) is 61.0 cm³/mol. The molecule has 0 saturated heterocycles. The molecule has 2 rings (SSSR count). The monoisotopic (exact) mass is 199 g/mol. The first-order valence-electron chi connectivity index (χ1n) is 5.19. The largest absolute Gasteiger partial charge is 0.294 e. The second-order valence-corrected chi connectivity index (χ2v) is 3.58. The minimum atomic E-state index is 0.199. The van der Waals surface area contributed by atoms with Crippen molar-refractivity contribution in [3.05, 3.63) is 42.1 Å². The second kappa shape index (κ2) is 4.22. The van der Waals surface area contributed by atoms with Crippen molar-refractivity contribution in [3.8, 4) is 0 Å². The molecular formula is C13H13NO. The second-order valence-electron chi connectivity index (χ2n) is 3.58. The summed E-state index contributed by atoms with van der Waals surface area (Å²) in [5, 5.41) is 1.07. The number of carbonyl (C=O) groups excluding carboxylic acids is 1. The highest BCUT2D eigenvalue weighted by atomic mass is 16.1. The quantitative estimate of drug-likeness (QED) is 0.710. The van der Waals surface area contributed by atoms with Gasteiger partial charge in [-0.2, -0.15) is 0 Å². The van der Waals surface area contributed by atoms with E-state index in [4.69, 9.17) is 0 Å². The lowest BCUT2D eigenvalue weighted by atomic mass is 10.0. The van der Waals surface area contributed by atoms with Crippen LogP contribution < -0.4 is 0 Å². The van der Waals surface area contributed by atoms with E-state index in [2.05, 4.69) is 4.98 Å². The van der Waals surface area contributed by atoms with E-state index < -0.39 is 0 Å². The molecule has 0 unspecified atom stereocenters. The number of hydrogen-bond acceptors (Lipinski definition) is 2. The smallest absolute Gasteiger partial charge is 0.162 e. The minimum Gasteiger partial charge on any atom is -0.294 e. The Morgan fingerprint density at radius 3 is 3.00 bits per heavy atom. The maximum absolute atomic E-state index is 11.7. The fraction of sp³-hybridized carbons (Fsp3) is 0.231. The highest BCUT2D eigenvalue weighted by Gasteiger charge is 2.05. The van der Waals surface area contributed by atoms with Gasteiger partial charge in [-0.1, -0.05) is 25.1 Å². The van der Waals surface area contributed by atoms with E-state index in [1.165, 1.54) is 0 Å². The molecule has 1 aromatic heterocycles. The van der Waals surface area contributed by atoms with E-state index in [9.17, 15) is 4.79 Å². The van der Waals surface area contributed by atoms with Gasteiger partial charge < -0.3 is 0 Å². The summed E-state index contributed by atoms with van der Waals surface area (Å²) in [6, 6.07) is 9.59. The van der Waals surface area contributed by atoms with Gasteiger partial charge in [-0.05, 0) is 18.6 Å². The third kappa shape index (κ3) is 2.04. The zero-order valence-corrected chi connectivity index (χ0v) is 8.73. The van der Waals surface area contributed by atoms with E-state index in [0.29, 0.717) is 6.42 Å². The molecule has 2 heteroatoms. The van der Waals surface area contributed by atoms with Crippen molar-refractivity contribution in [1.82, 2.24) is 4.98 Å². The molecule has 0 aliphatic heterocycles. The number of hydrogen-bond donors (Lipinski definition) is 0. The van der Waals surface area contributed by atoms with Gasteiger partial charge in [0.1, 0.15) is 0 Å². The zero-order chi connectivity index (χ0) is 10.7. The molecule has 0 saturated carbocycles. The summed E-state index contributed by atoms with van der Waals surface area (Å²) in [4.78, 5) is 15.9. The molecule has 0 atom stereocenters. The van der Waals surface area contributed by atoms with Crippen molar-refractivity contribution in [3.63, 3.8) is 0 Å². The molecule has 0 aliphatic rings. The first-order chi connectivity index (χ1) is 7.31. The molecular weight excluding hydrogens is 186 g/mol. The average Bonchev–Trinajstić information content (AvgIpc) is 2.29. The van der Waals surface area contributed by atoms with Gasteiger partial charge in [0.2, 0.25) is 0 Å². The Labute approximate surface area is 89.0 Å². The van der Waals surface area contributed by atoms with Crippen LogP contribution in [0.3, 0.4) is 0 Å². The van der Waals surface area contributed by atoms with Gasteiger partial charge in [-0.25, -0.2) is 0 Å². The lowest BCUT2D eigenvalue weighted by molar-refractivity contribution is 0.0982. The zero-order valence-electron chi connectivity index (χ0n) is 8.73. The number of carbonyl (C=O) groups is 1. The molecule has 15 heavy (non-hydrogen) atoms. The summed E-state index contributed by atoms with van der Waals surface area (Å²) >= 11 is 0. The van der Waals surface area contributed by atoms with Gasteiger partial charge in [0, 0.05) is 23.6 Å². The topological polar surface area (TPSA) is 30.0 Å². The number of benzene rings is 1.